The second kappa shape index (κ2) is 14.3. The highest BCUT2D eigenvalue weighted by molar-refractivity contribution is 8.10. The Morgan fingerprint density at radius 3 is 1.33 bits per heavy atom. The van der Waals surface area contributed by atoms with Crippen LogP contribution in [0.4, 0.5) is 4.79 Å². The van der Waals surface area contributed by atoms with E-state index < -0.39 is 35.2 Å². The number of alkyl halides is 2. The second-order valence-corrected chi connectivity index (χ2v) is 7.99. The van der Waals surface area contributed by atoms with E-state index in [0.717, 1.165) is 0 Å². The van der Waals surface area contributed by atoms with Crippen molar-refractivity contribution in [2.45, 2.75) is 32.4 Å². The van der Waals surface area contributed by atoms with Gasteiger partial charge in [-0.3, -0.25) is 4.55 Å². The van der Waals surface area contributed by atoms with Crippen molar-refractivity contribution in [2.24, 2.45) is 0 Å². The van der Waals surface area contributed by atoms with Crippen molar-refractivity contribution in [3.8, 4) is 0 Å². The Kier molecular flexibility index (Phi) is 20.3. The van der Waals surface area contributed by atoms with E-state index in [0.29, 0.717) is 0 Å². The van der Waals surface area contributed by atoms with Gasteiger partial charge < -0.3 is 4.74 Å². The van der Waals surface area contributed by atoms with E-state index in [2.05, 4.69) is 30.3 Å². The van der Waals surface area contributed by atoms with E-state index in [-0.39, 0.29) is 7.43 Å². The predicted octanol–water partition coefficient (Wildman–Crippen LogP) is 3.68. The number of hydrogen-bond donors (Lipinski definition) is 1. The van der Waals surface area contributed by atoms with Crippen LogP contribution in [0.1, 0.15) is 21.3 Å². The van der Waals surface area contributed by atoms with Crippen molar-refractivity contribution in [2.75, 3.05) is 0 Å². The molecule has 0 bridgehead atoms. The van der Waals surface area contributed by atoms with Crippen LogP contribution in [0.3, 0.4) is 0 Å². The van der Waals surface area contributed by atoms with Crippen molar-refractivity contribution in [3.63, 3.8) is 0 Å². The van der Waals surface area contributed by atoms with Crippen molar-refractivity contribution in [1.29, 1.82) is 0 Å². The first kappa shape index (κ1) is 29.7. The summed E-state index contributed by atoms with van der Waals surface area (Å²) in [6.45, 7) is 2.85. The molecule has 0 heterocycles. The standard InChI is InChI=1S/C3H4Cl2O2.C2H4Cl2O3S.CH4.ClHO3S/c1-2(4)7-3(5)6;1-2(3)7-8(4,5)6;;1-5(2,3)4/h2H,1H3;2H,1H3;1H4;(H,2,3,4). The number of carbonyl (C=O) groups excluding carboxylic acids is 1. The Morgan fingerprint density at radius 2 is 1.33 bits per heavy atom. The van der Waals surface area contributed by atoms with Gasteiger partial charge in [-0.1, -0.05) is 30.6 Å². The lowest BCUT2D eigenvalue weighted by Crippen LogP contribution is -2.02. The maximum Gasteiger partial charge on any atom is 0.405 e. The third-order valence-corrected chi connectivity index (χ3v) is 1.61. The molecule has 1 N–H and O–H groups in total. The zero-order chi connectivity index (χ0) is 17.1. The second-order valence-electron chi connectivity index (χ2n) is 2.34. The van der Waals surface area contributed by atoms with Crippen LogP contribution in [0.5, 0.6) is 0 Å². The number of carbonyl (C=O) groups is 1. The summed E-state index contributed by atoms with van der Waals surface area (Å²) >= 11 is 14.9. The molecule has 132 valence electrons. The highest BCUT2D eigenvalue weighted by atomic mass is 35.7. The number of ether oxygens (including phenoxy) is 1. The summed E-state index contributed by atoms with van der Waals surface area (Å²) in [6.07, 6.45) is 0. The average molecular weight is 455 g/mol. The van der Waals surface area contributed by atoms with Crippen LogP contribution in [0, 0.1) is 0 Å². The third-order valence-electron chi connectivity index (χ3n) is 0.503. The van der Waals surface area contributed by atoms with Gasteiger partial charge in [0.15, 0.2) is 5.56 Å². The molecular weight excluding hydrogens is 441 g/mol. The van der Waals surface area contributed by atoms with Crippen molar-refractivity contribution < 1.29 is 35.1 Å². The molecule has 8 nitrogen and oxygen atoms in total. The van der Waals surface area contributed by atoms with E-state index in [9.17, 15) is 13.2 Å². The Labute approximate surface area is 147 Å². The van der Waals surface area contributed by atoms with Gasteiger partial charge in [0.2, 0.25) is 0 Å². The minimum absolute atomic E-state index is 0. The molecule has 0 aliphatic rings. The number of rotatable bonds is 3. The van der Waals surface area contributed by atoms with Gasteiger partial charge in [-0.15, -0.1) is 0 Å². The summed E-state index contributed by atoms with van der Waals surface area (Å²) in [5.74, 6) is 0. The first-order valence-electron chi connectivity index (χ1n) is 3.98. The molecule has 0 aromatic rings. The van der Waals surface area contributed by atoms with Crippen molar-refractivity contribution in [3.05, 3.63) is 0 Å². The van der Waals surface area contributed by atoms with Crippen LogP contribution in [0.2, 0.25) is 0 Å². The molecule has 0 aliphatic carbocycles. The van der Waals surface area contributed by atoms with Crippen molar-refractivity contribution >= 4 is 80.3 Å². The van der Waals surface area contributed by atoms with Gasteiger partial charge in [-0.25, -0.2) is 8.98 Å². The summed E-state index contributed by atoms with van der Waals surface area (Å²) in [7, 11) is 0.574. The Morgan fingerprint density at radius 1 is 1.05 bits per heavy atom. The van der Waals surface area contributed by atoms with Gasteiger partial charge in [0.05, 0.1) is 0 Å². The molecule has 0 amide bonds. The van der Waals surface area contributed by atoms with Crippen LogP contribution in [0.25, 0.3) is 0 Å². The van der Waals surface area contributed by atoms with Crippen LogP contribution in [0.15, 0.2) is 0 Å². The van der Waals surface area contributed by atoms with Crippen LogP contribution >= 0.6 is 56.2 Å². The monoisotopic (exact) mass is 452 g/mol. The minimum atomic E-state index is -4.19. The lowest BCUT2D eigenvalue weighted by molar-refractivity contribution is 0.166. The van der Waals surface area contributed by atoms with E-state index in [1.54, 1.807) is 0 Å². The van der Waals surface area contributed by atoms with E-state index in [4.69, 9.17) is 47.8 Å². The van der Waals surface area contributed by atoms with Gasteiger partial charge in [-0.2, -0.15) is 16.8 Å². The molecule has 21 heavy (non-hydrogen) atoms. The van der Waals surface area contributed by atoms with Crippen LogP contribution in [-0.4, -0.2) is 37.9 Å². The zero-order valence-electron chi connectivity index (χ0n) is 9.67. The highest BCUT2D eigenvalue weighted by Crippen LogP contribution is 2.05. The average Bonchev–Trinajstić information content (AvgIpc) is 1.90. The molecule has 0 aromatic heterocycles. The summed E-state index contributed by atoms with van der Waals surface area (Å²) in [5.41, 5.74) is -2.41. The molecule has 0 aliphatic heterocycles. The van der Waals surface area contributed by atoms with E-state index >= 15 is 0 Å². The van der Waals surface area contributed by atoms with Crippen LogP contribution < -0.4 is 0 Å². The molecule has 0 fully saturated rings. The van der Waals surface area contributed by atoms with Gasteiger partial charge in [0, 0.05) is 33.0 Å². The smallest absolute Gasteiger partial charge is 0.405 e. The number of hydrogen-bond acceptors (Lipinski definition) is 7. The molecule has 0 radical (unpaired) electrons. The normalized spacial score (nSPS) is 13.1. The molecular formula is C6H13Cl5O8S2. The lowest BCUT2D eigenvalue weighted by Gasteiger charge is -1.97. The summed E-state index contributed by atoms with van der Waals surface area (Å²) in [4.78, 5) is 9.71. The molecule has 2 atom stereocenters. The molecule has 15 heteroatoms. The van der Waals surface area contributed by atoms with Crippen LogP contribution in [-0.2, 0) is 27.6 Å². The largest absolute Gasteiger partial charge is 0.434 e. The minimum Gasteiger partial charge on any atom is -0.434 e. The first-order chi connectivity index (χ1) is 8.54. The fraction of sp³-hybridized carbons (Fsp3) is 0.833. The Bertz CT molecular complexity index is 452. The molecule has 0 aromatic carbocycles. The summed E-state index contributed by atoms with van der Waals surface area (Å²) in [5, 5.41) is 0. The summed E-state index contributed by atoms with van der Waals surface area (Å²) < 4.78 is 53.0. The van der Waals surface area contributed by atoms with E-state index in [1.165, 1.54) is 13.8 Å². The maximum atomic E-state index is 9.90. The van der Waals surface area contributed by atoms with Gasteiger partial charge in [-0.05, 0) is 13.8 Å². The van der Waals surface area contributed by atoms with E-state index in [1.807, 2.05) is 0 Å². The number of halogens is 5. The third kappa shape index (κ3) is 76.8. The molecule has 2 unspecified atom stereocenters. The van der Waals surface area contributed by atoms with Gasteiger partial charge in [0.1, 0.15) is 5.56 Å². The lowest BCUT2D eigenvalue weighted by atomic mass is 10.9. The first-order valence-corrected chi connectivity index (χ1v) is 9.74. The summed E-state index contributed by atoms with van der Waals surface area (Å²) in [6, 6.07) is 0. The SMILES string of the molecule is C.CC(Cl)OC(=O)Cl.CC(Cl)OS(=O)(=O)Cl.O=S(=O)(O)Cl. The maximum absolute atomic E-state index is 9.90. The van der Waals surface area contributed by atoms with Crippen molar-refractivity contribution in [1.82, 2.24) is 0 Å². The molecule has 0 rings (SSSR count). The fourth-order valence-electron chi connectivity index (χ4n) is 0.286. The Hall–Kier alpha value is 0.740. The predicted molar refractivity (Wildman–Crippen MR) is 83.0 cm³/mol. The highest BCUT2D eigenvalue weighted by Gasteiger charge is 2.07. The zero-order valence-corrected chi connectivity index (χ0v) is 15.1. The molecule has 0 saturated heterocycles. The van der Waals surface area contributed by atoms with Gasteiger partial charge >= 0.3 is 24.1 Å². The molecule has 0 spiro atoms. The van der Waals surface area contributed by atoms with Gasteiger partial charge in [0.25, 0.3) is 0 Å². The quantitative estimate of drug-likeness (QED) is 0.389. The topological polar surface area (TPSA) is 124 Å². The molecule has 0 saturated carbocycles. The Balaban J connectivity index is -0.000000103. The fourth-order valence-corrected chi connectivity index (χ4v) is 1.59.